The van der Waals surface area contributed by atoms with Gasteiger partial charge in [0.15, 0.2) is 0 Å². The van der Waals surface area contributed by atoms with Crippen molar-refractivity contribution in [3.05, 3.63) is 0 Å². The molecule has 0 heterocycles. The van der Waals surface area contributed by atoms with Gasteiger partial charge >= 0.3 is 0 Å². The van der Waals surface area contributed by atoms with Gasteiger partial charge in [-0.05, 0) is 37.5 Å². The third kappa shape index (κ3) is 2.27. The van der Waals surface area contributed by atoms with Gasteiger partial charge in [0.2, 0.25) is 0 Å². The summed E-state index contributed by atoms with van der Waals surface area (Å²) in [5, 5.41) is 12.6. The summed E-state index contributed by atoms with van der Waals surface area (Å²) < 4.78 is 0. The van der Waals surface area contributed by atoms with Crippen LogP contribution in [0.4, 0.5) is 0 Å². The Morgan fingerprint density at radius 3 is 2.29 bits per heavy atom. The smallest absolute Gasteiger partial charge is 0.251 e. The number of hydrogen-bond donors (Lipinski definition) is 2. The number of likely N-dealkylation sites (N-methyl/N-ethyl adjacent to an activating group) is 1. The molecule has 0 radical (unpaired) electrons. The van der Waals surface area contributed by atoms with E-state index < -0.39 is 5.60 Å². The van der Waals surface area contributed by atoms with Crippen LogP contribution in [0.3, 0.4) is 0 Å². The molecule has 1 amide bonds. The molecule has 0 unspecified atom stereocenters. The van der Waals surface area contributed by atoms with Crippen LogP contribution in [0, 0.1) is 11.8 Å². The van der Waals surface area contributed by atoms with Crippen LogP contribution in [-0.2, 0) is 4.79 Å². The summed E-state index contributed by atoms with van der Waals surface area (Å²) in [6.45, 7) is 4.41. The number of carbonyl (C=O) groups is 1. The maximum absolute atomic E-state index is 11.4. The molecule has 3 heteroatoms. The highest BCUT2D eigenvalue weighted by Crippen LogP contribution is 2.35. The highest BCUT2D eigenvalue weighted by Gasteiger charge is 2.39. The molecule has 0 aromatic rings. The molecule has 3 nitrogen and oxygen atoms in total. The SMILES string of the molecule is CNC(=O)[C@]1(O)CC[C@H](C(C)C)CC1. The molecular weight excluding hydrogens is 178 g/mol. The topological polar surface area (TPSA) is 49.3 Å². The normalized spacial score (nSPS) is 33.1. The average Bonchev–Trinajstić information content (AvgIpc) is 2.17. The first-order valence-corrected chi connectivity index (χ1v) is 5.44. The molecule has 0 aromatic carbocycles. The van der Waals surface area contributed by atoms with E-state index in [4.69, 9.17) is 0 Å². The van der Waals surface area contributed by atoms with Crippen LogP contribution in [0.5, 0.6) is 0 Å². The summed E-state index contributed by atoms with van der Waals surface area (Å²) in [6, 6.07) is 0. The van der Waals surface area contributed by atoms with Gasteiger partial charge in [-0.2, -0.15) is 0 Å². The number of nitrogens with one attached hydrogen (secondary N) is 1. The fourth-order valence-electron chi connectivity index (χ4n) is 2.24. The molecule has 0 saturated heterocycles. The van der Waals surface area contributed by atoms with Crippen LogP contribution >= 0.6 is 0 Å². The van der Waals surface area contributed by atoms with Crippen molar-refractivity contribution >= 4 is 5.91 Å². The molecule has 0 aromatic heterocycles. The number of aliphatic hydroxyl groups is 1. The van der Waals surface area contributed by atoms with E-state index in [0.29, 0.717) is 24.7 Å². The van der Waals surface area contributed by atoms with E-state index >= 15 is 0 Å². The first kappa shape index (κ1) is 11.5. The summed E-state index contributed by atoms with van der Waals surface area (Å²) >= 11 is 0. The van der Waals surface area contributed by atoms with Gasteiger partial charge in [-0.1, -0.05) is 13.8 Å². The third-order valence-corrected chi connectivity index (χ3v) is 3.45. The Morgan fingerprint density at radius 1 is 1.43 bits per heavy atom. The first-order valence-electron chi connectivity index (χ1n) is 5.44. The van der Waals surface area contributed by atoms with E-state index in [1.807, 2.05) is 0 Å². The van der Waals surface area contributed by atoms with Crippen molar-refractivity contribution in [2.24, 2.45) is 11.8 Å². The van der Waals surface area contributed by atoms with Crippen molar-refractivity contribution < 1.29 is 9.90 Å². The lowest BCUT2D eigenvalue weighted by Gasteiger charge is -2.35. The van der Waals surface area contributed by atoms with Gasteiger partial charge in [-0.15, -0.1) is 0 Å². The van der Waals surface area contributed by atoms with Crippen molar-refractivity contribution in [2.75, 3.05) is 7.05 Å². The van der Waals surface area contributed by atoms with E-state index in [-0.39, 0.29) is 5.91 Å². The molecule has 1 aliphatic rings. The quantitative estimate of drug-likeness (QED) is 0.704. The maximum atomic E-state index is 11.4. The Morgan fingerprint density at radius 2 is 1.93 bits per heavy atom. The van der Waals surface area contributed by atoms with Gasteiger partial charge in [0.05, 0.1) is 0 Å². The molecule has 1 rings (SSSR count). The lowest BCUT2D eigenvalue weighted by Crippen LogP contribution is -2.48. The zero-order valence-electron chi connectivity index (χ0n) is 9.34. The van der Waals surface area contributed by atoms with Crippen molar-refractivity contribution in [3.8, 4) is 0 Å². The van der Waals surface area contributed by atoms with Crippen LogP contribution in [0.15, 0.2) is 0 Å². The molecule has 0 aliphatic heterocycles. The standard InChI is InChI=1S/C11H21NO2/c1-8(2)9-4-6-11(14,7-5-9)10(13)12-3/h8-9,14H,4-7H2,1-3H3,(H,12,13)/t9-,11-. The van der Waals surface area contributed by atoms with Crippen molar-refractivity contribution in [1.29, 1.82) is 0 Å². The van der Waals surface area contributed by atoms with Crippen LogP contribution in [0.25, 0.3) is 0 Å². The second kappa shape index (κ2) is 4.30. The second-order valence-electron chi connectivity index (χ2n) is 4.69. The van der Waals surface area contributed by atoms with E-state index in [1.165, 1.54) is 0 Å². The molecule has 2 N–H and O–H groups in total. The fraction of sp³-hybridized carbons (Fsp3) is 0.909. The minimum Gasteiger partial charge on any atom is -0.380 e. The molecule has 82 valence electrons. The van der Waals surface area contributed by atoms with E-state index in [1.54, 1.807) is 7.05 Å². The number of hydrogen-bond acceptors (Lipinski definition) is 2. The van der Waals surface area contributed by atoms with Crippen molar-refractivity contribution in [3.63, 3.8) is 0 Å². The molecule has 0 atom stereocenters. The second-order valence-corrected chi connectivity index (χ2v) is 4.69. The Hall–Kier alpha value is -0.570. The van der Waals surface area contributed by atoms with E-state index in [0.717, 1.165) is 12.8 Å². The van der Waals surface area contributed by atoms with E-state index in [9.17, 15) is 9.90 Å². The summed E-state index contributed by atoms with van der Waals surface area (Å²) in [7, 11) is 1.58. The Labute approximate surface area is 85.9 Å². The Balaban J connectivity index is 2.53. The maximum Gasteiger partial charge on any atom is 0.251 e. The fourth-order valence-corrected chi connectivity index (χ4v) is 2.24. The van der Waals surface area contributed by atoms with Crippen LogP contribution in [0.2, 0.25) is 0 Å². The van der Waals surface area contributed by atoms with Crippen molar-refractivity contribution in [1.82, 2.24) is 5.32 Å². The molecule has 1 saturated carbocycles. The van der Waals surface area contributed by atoms with Crippen LogP contribution in [0.1, 0.15) is 39.5 Å². The number of rotatable bonds is 2. The highest BCUT2D eigenvalue weighted by molar-refractivity contribution is 5.84. The zero-order chi connectivity index (χ0) is 10.8. The lowest BCUT2D eigenvalue weighted by molar-refractivity contribution is -0.143. The average molecular weight is 199 g/mol. The predicted molar refractivity (Wildman–Crippen MR) is 55.8 cm³/mol. The molecule has 14 heavy (non-hydrogen) atoms. The van der Waals surface area contributed by atoms with Crippen LogP contribution in [-0.4, -0.2) is 23.7 Å². The largest absolute Gasteiger partial charge is 0.380 e. The van der Waals surface area contributed by atoms with Gasteiger partial charge < -0.3 is 10.4 Å². The van der Waals surface area contributed by atoms with Gasteiger partial charge in [0, 0.05) is 7.05 Å². The monoisotopic (exact) mass is 199 g/mol. The summed E-state index contributed by atoms with van der Waals surface area (Å²) in [5.74, 6) is 1.10. The first-order chi connectivity index (χ1) is 6.49. The van der Waals surface area contributed by atoms with Gasteiger partial charge in [-0.25, -0.2) is 0 Å². The van der Waals surface area contributed by atoms with Gasteiger partial charge in [-0.3, -0.25) is 4.79 Å². The minimum atomic E-state index is -1.10. The molecule has 0 bridgehead atoms. The minimum absolute atomic E-state index is 0.222. The van der Waals surface area contributed by atoms with Crippen molar-refractivity contribution in [2.45, 2.75) is 45.1 Å². The summed E-state index contributed by atoms with van der Waals surface area (Å²) in [5.41, 5.74) is -1.10. The van der Waals surface area contributed by atoms with Gasteiger partial charge in [0.25, 0.3) is 5.91 Å². The zero-order valence-corrected chi connectivity index (χ0v) is 9.34. The molecule has 0 spiro atoms. The Bertz CT molecular complexity index is 205. The Kier molecular flexibility index (Phi) is 3.53. The lowest BCUT2D eigenvalue weighted by atomic mass is 9.74. The number of carbonyl (C=O) groups excluding carboxylic acids is 1. The molecule has 1 fully saturated rings. The predicted octanol–water partition coefficient (Wildman–Crippen LogP) is 1.31. The molecule has 1 aliphatic carbocycles. The summed E-state index contributed by atoms with van der Waals surface area (Å²) in [6.07, 6.45) is 3.13. The summed E-state index contributed by atoms with van der Waals surface area (Å²) in [4.78, 5) is 11.4. The third-order valence-electron chi connectivity index (χ3n) is 3.45. The molecular formula is C11H21NO2. The number of amides is 1. The van der Waals surface area contributed by atoms with Gasteiger partial charge in [0.1, 0.15) is 5.60 Å². The van der Waals surface area contributed by atoms with Crippen LogP contribution < -0.4 is 5.32 Å². The highest BCUT2D eigenvalue weighted by atomic mass is 16.3. The van der Waals surface area contributed by atoms with E-state index in [2.05, 4.69) is 19.2 Å².